The van der Waals surface area contributed by atoms with Gasteiger partial charge >= 0.3 is 6.09 Å². The third-order valence-corrected chi connectivity index (χ3v) is 5.77. The van der Waals surface area contributed by atoms with Gasteiger partial charge in [0.25, 0.3) is 0 Å². The standard InChI is InChI=1S/C23H29N3O2/c27-23(28-18-19-10-4-3-5-11-19)26-17-9-13-21(26)20-12-8-14-24-22(20)25-15-6-1-2-7-16-25/h3-5,8,10-12,14,21H,1-2,6-7,9,13,15-18H2/t21-/m1/s1. The van der Waals surface area contributed by atoms with Crippen LogP contribution in [-0.2, 0) is 11.3 Å². The molecule has 1 aromatic heterocycles. The van der Waals surface area contributed by atoms with Gasteiger partial charge in [-0.2, -0.15) is 0 Å². The number of rotatable bonds is 4. The molecule has 0 N–H and O–H groups in total. The fourth-order valence-electron chi connectivity index (χ4n) is 4.33. The van der Waals surface area contributed by atoms with E-state index in [1.54, 1.807) is 0 Å². The van der Waals surface area contributed by atoms with Crippen molar-refractivity contribution in [2.45, 2.75) is 51.2 Å². The van der Waals surface area contributed by atoms with E-state index in [1.807, 2.05) is 47.5 Å². The number of aromatic nitrogens is 1. The second kappa shape index (κ2) is 9.09. The second-order valence-corrected chi connectivity index (χ2v) is 7.71. The molecule has 2 fully saturated rings. The summed E-state index contributed by atoms with van der Waals surface area (Å²) in [5.41, 5.74) is 2.18. The summed E-state index contributed by atoms with van der Waals surface area (Å²) in [6.45, 7) is 3.16. The summed E-state index contributed by atoms with van der Waals surface area (Å²) in [6.07, 6.45) is 8.62. The number of nitrogens with zero attached hydrogens (tertiary/aromatic N) is 3. The number of pyridine rings is 1. The maximum Gasteiger partial charge on any atom is 0.410 e. The Balaban J connectivity index is 1.49. The van der Waals surface area contributed by atoms with Gasteiger partial charge in [-0.25, -0.2) is 9.78 Å². The van der Waals surface area contributed by atoms with Crippen LogP contribution in [0.4, 0.5) is 10.6 Å². The summed E-state index contributed by atoms with van der Waals surface area (Å²) in [5, 5.41) is 0. The van der Waals surface area contributed by atoms with Crippen molar-refractivity contribution in [1.82, 2.24) is 9.88 Å². The third-order valence-electron chi connectivity index (χ3n) is 5.77. The van der Waals surface area contributed by atoms with Gasteiger partial charge < -0.3 is 14.5 Å². The first-order valence-electron chi connectivity index (χ1n) is 10.5. The molecule has 1 amide bonds. The minimum absolute atomic E-state index is 0.0511. The predicted molar refractivity (Wildman–Crippen MR) is 110 cm³/mol. The number of amides is 1. The van der Waals surface area contributed by atoms with Crippen molar-refractivity contribution in [3.8, 4) is 0 Å². The highest BCUT2D eigenvalue weighted by Crippen LogP contribution is 2.37. The van der Waals surface area contributed by atoms with E-state index in [2.05, 4.69) is 11.0 Å². The molecule has 0 bridgehead atoms. The predicted octanol–water partition coefficient (Wildman–Crippen LogP) is 4.94. The van der Waals surface area contributed by atoms with E-state index in [9.17, 15) is 4.79 Å². The SMILES string of the molecule is O=C(OCc1ccccc1)N1CCC[C@@H]1c1cccnc1N1CCCCCC1. The molecule has 5 nitrogen and oxygen atoms in total. The lowest BCUT2D eigenvalue weighted by Crippen LogP contribution is -2.33. The fourth-order valence-corrected chi connectivity index (χ4v) is 4.33. The monoisotopic (exact) mass is 379 g/mol. The molecule has 148 valence electrons. The molecule has 2 saturated heterocycles. The van der Waals surface area contributed by atoms with Gasteiger partial charge in [-0.05, 0) is 37.3 Å². The van der Waals surface area contributed by atoms with E-state index in [0.29, 0.717) is 6.61 Å². The molecule has 0 radical (unpaired) electrons. The number of likely N-dealkylation sites (tertiary alicyclic amines) is 1. The number of hydrogen-bond donors (Lipinski definition) is 0. The van der Waals surface area contributed by atoms with Crippen LogP contribution in [0.1, 0.15) is 55.7 Å². The zero-order valence-corrected chi connectivity index (χ0v) is 16.4. The first-order valence-corrected chi connectivity index (χ1v) is 10.5. The van der Waals surface area contributed by atoms with E-state index in [4.69, 9.17) is 9.72 Å². The summed E-state index contributed by atoms with van der Waals surface area (Å²) in [7, 11) is 0. The summed E-state index contributed by atoms with van der Waals surface area (Å²) in [4.78, 5) is 21.8. The van der Waals surface area contributed by atoms with E-state index < -0.39 is 0 Å². The average Bonchev–Trinajstić information content (AvgIpc) is 3.08. The molecular weight excluding hydrogens is 350 g/mol. The van der Waals surface area contributed by atoms with E-state index in [0.717, 1.165) is 43.9 Å². The van der Waals surface area contributed by atoms with Crippen LogP contribution >= 0.6 is 0 Å². The van der Waals surface area contributed by atoms with Gasteiger partial charge in [0.2, 0.25) is 0 Å². The van der Waals surface area contributed by atoms with Crippen molar-refractivity contribution in [2.24, 2.45) is 0 Å². The molecule has 0 spiro atoms. The van der Waals surface area contributed by atoms with Crippen LogP contribution in [-0.4, -0.2) is 35.6 Å². The molecule has 2 aromatic rings. The lowest BCUT2D eigenvalue weighted by atomic mass is 10.0. The third kappa shape index (κ3) is 4.29. The largest absolute Gasteiger partial charge is 0.445 e. The van der Waals surface area contributed by atoms with Crippen LogP contribution in [0.2, 0.25) is 0 Å². The van der Waals surface area contributed by atoms with Crippen molar-refractivity contribution < 1.29 is 9.53 Å². The van der Waals surface area contributed by atoms with E-state index in [-0.39, 0.29) is 12.1 Å². The van der Waals surface area contributed by atoms with Crippen LogP contribution in [0.3, 0.4) is 0 Å². The zero-order valence-electron chi connectivity index (χ0n) is 16.4. The average molecular weight is 380 g/mol. The molecule has 1 atom stereocenters. The maximum absolute atomic E-state index is 12.8. The molecule has 28 heavy (non-hydrogen) atoms. The Hall–Kier alpha value is -2.56. The summed E-state index contributed by atoms with van der Waals surface area (Å²) in [6, 6.07) is 14.0. The van der Waals surface area contributed by atoms with Gasteiger partial charge in [-0.3, -0.25) is 0 Å². The van der Waals surface area contributed by atoms with E-state index >= 15 is 0 Å². The highest BCUT2D eigenvalue weighted by atomic mass is 16.6. The Kier molecular flexibility index (Phi) is 6.10. The van der Waals surface area contributed by atoms with Crippen molar-refractivity contribution in [3.63, 3.8) is 0 Å². The van der Waals surface area contributed by atoms with Crippen LogP contribution in [0.15, 0.2) is 48.7 Å². The maximum atomic E-state index is 12.8. The summed E-state index contributed by atoms with van der Waals surface area (Å²) >= 11 is 0. The van der Waals surface area contributed by atoms with Crippen molar-refractivity contribution in [1.29, 1.82) is 0 Å². The first kappa shape index (κ1) is 18.8. The van der Waals surface area contributed by atoms with Gasteiger partial charge in [0.1, 0.15) is 12.4 Å². The Morgan fingerprint density at radius 1 is 0.964 bits per heavy atom. The Morgan fingerprint density at radius 3 is 2.54 bits per heavy atom. The Morgan fingerprint density at radius 2 is 1.75 bits per heavy atom. The minimum Gasteiger partial charge on any atom is -0.445 e. The lowest BCUT2D eigenvalue weighted by Gasteiger charge is -2.30. The highest BCUT2D eigenvalue weighted by Gasteiger charge is 2.33. The molecular formula is C23H29N3O2. The number of carbonyl (C=O) groups excluding carboxylic acids is 1. The van der Waals surface area contributed by atoms with Crippen LogP contribution in [0.25, 0.3) is 0 Å². The normalized spacial score (nSPS) is 20.1. The molecule has 1 aromatic carbocycles. The molecule has 5 heteroatoms. The van der Waals surface area contributed by atoms with Crippen LogP contribution < -0.4 is 4.90 Å². The highest BCUT2D eigenvalue weighted by molar-refractivity contribution is 5.69. The minimum atomic E-state index is -0.225. The van der Waals surface area contributed by atoms with Crippen molar-refractivity contribution >= 4 is 11.9 Å². The molecule has 0 saturated carbocycles. The number of anilines is 1. The molecule has 0 aliphatic carbocycles. The van der Waals surface area contributed by atoms with Gasteiger partial charge in [0, 0.05) is 31.4 Å². The van der Waals surface area contributed by atoms with Gasteiger partial charge in [-0.15, -0.1) is 0 Å². The number of ether oxygens (including phenoxy) is 1. The van der Waals surface area contributed by atoms with Gasteiger partial charge in [-0.1, -0.05) is 49.2 Å². The Bertz CT molecular complexity index is 772. The van der Waals surface area contributed by atoms with Gasteiger partial charge in [0.05, 0.1) is 6.04 Å². The van der Waals surface area contributed by atoms with Crippen LogP contribution in [0, 0.1) is 0 Å². The summed E-state index contributed by atoms with van der Waals surface area (Å²) < 4.78 is 5.62. The molecule has 2 aliphatic rings. The number of carbonyl (C=O) groups is 1. The van der Waals surface area contributed by atoms with Gasteiger partial charge in [0.15, 0.2) is 0 Å². The lowest BCUT2D eigenvalue weighted by molar-refractivity contribution is 0.0921. The summed E-state index contributed by atoms with van der Waals surface area (Å²) in [5.74, 6) is 1.05. The topological polar surface area (TPSA) is 45.7 Å². The molecule has 4 rings (SSSR count). The number of benzene rings is 1. The Labute approximate surface area is 167 Å². The number of hydrogen-bond acceptors (Lipinski definition) is 4. The van der Waals surface area contributed by atoms with E-state index in [1.165, 1.54) is 31.2 Å². The molecule has 2 aliphatic heterocycles. The van der Waals surface area contributed by atoms with Crippen LogP contribution in [0.5, 0.6) is 0 Å². The van der Waals surface area contributed by atoms with Crippen molar-refractivity contribution in [2.75, 3.05) is 24.5 Å². The van der Waals surface area contributed by atoms with Crippen molar-refractivity contribution in [3.05, 3.63) is 59.8 Å². The molecule has 0 unspecified atom stereocenters. The fraction of sp³-hybridized carbons (Fsp3) is 0.478. The smallest absolute Gasteiger partial charge is 0.410 e. The zero-order chi connectivity index (χ0) is 19.2. The quantitative estimate of drug-likeness (QED) is 0.755. The second-order valence-electron chi connectivity index (χ2n) is 7.71. The first-order chi connectivity index (χ1) is 13.8. The molecule has 3 heterocycles.